The molecule has 0 saturated carbocycles. The van der Waals surface area contributed by atoms with E-state index >= 15 is 0 Å². The zero-order valence-corrected chi connectivity index (χ0v) is 25.2. The Labute approximate surface area is 257 Å². The van der Waals surface area contributed by atoms with E-state index in [1.807, 2.05) is 0 Å². The van der Waals surface area contributed by atoms with Gasteiger partial charge in [0.25, 0.3) is 0 Å². The number of esters is 2. The van der Waals surface area contributed by atoms with Gasteiger partial charge < -0.3 is 9.47 Å². The highest BCUT2D eigenvalue weighted by atomic mass is 35.5. The molecule has 0 bridgehead atoms. The summed E-state index contributed by atoms with van der Waals surface area (Å²) in [5.74, 6) is -1.09. The Morgan fingerprint density at radius 2 is 1.12 bits per heavy atom. The topological polar surface area (TPSA) is 115 Å². The minimum atomic E-state index is -0.545. The van der Waals surface area contributed by atoms with Crippen molar-refractivity contribution in [3.8, 4) is 0 Å². The van der Waals surface area contributed by atoms with Crippen LogP contribution in [0.1, 0.15) is 33.2 Å². The molecule has 9 nitrogen and oxygen atoms in total. The fraction of sp³-hybridized carbons (Fsp3) is 0.138. The van der Waals surface area contributed by atoms with Gasteiger partial charge in [-0.1, -0.05) is 23.2 Å². The van der Waals surface area contributed by atoms with E-state index in [0.29, 0.717) is 41.9 Å². The lowest BCUT2D eigenvalue weighted by Gasteiger charge is -1.99. The lowest BCUT2D eigenvalue weighted by Crippen LogP contribution is -2.02. The number of aromatic nitrogens is 1. The van der Waals surface area contributed by atoms with Crippen LogP contribution in [0, 0.1) is 0 Å². The van der Waals surface area contributed by atoms with E-state index in [1.165, 1.54) is 0 Å². The molecular formula is C29H19Cl2N5O4S2. The summed E-state index contributed by atoms with van der Waals surface area (Å²) in [7, 11) is 0. The number of nitrogens with zero attached hydrogens (tertiary/aromatic N) is 5. The fourth-order valence-electron chi connectivity index (χ4n) is 3.70. The number of aliphatic imine (C=N–C) groups is 4. The predicted octanol–water partition coefficient (Wildman–Crippen LogP) is 9.45. The maximum Gasteiger partial charge on any atom is 0.350 e. The Bertz CT molecular complexity index is 1800. The van der Waals surface area contributed by atoms with Crippen molar-refractivity contribution in [1.29, 1.82) is 0 Å². The van der Waals surface area contributed by atoms with Gasteiger partial charge in [0.05, 0.1) is 24.6 Å². The summed E-state index contributed by atoms with van der Waals surface area (Å²) >= 11 is 14.1. The van der Waals surface area contributed by atoms with Crippen LogP contribution in [0.2, 0.25) is 10.0 Å². The Morgan fingerprint density at radius 3 is 1.50 bits per heavy atom. The van der Waals surface area contributed by atoms with Crippen molar-refractivity contribution < 1.29 is 19.1 Å². The molecule has 0 radical (unpaired) electrons. The first-order chi connectivity index (χ1) is 20.4. The number of carbonyl (C=O) groups is 2. The van der Waals surface area contributed by atoms with Crippen molar-refractivity contribution in [2.45, 2.75) is 13.8 Å². The van der Waals surface area contributed by atoms with E-state index in [4.69, 9.17) is 37.7 Å². The first kappa shape index (κ1) is 29.3. The quantitative estimate of drug-likeness (QED) is 0.124. The Hall–Kier alpha value is -4.21. The van der Waals surface area contributed by atoms with Crippen molar-refractivity contribution in [2.75, 3.05) is 13.2 Å². The highest BCUT2D eigenvalue weighted by Crippen LogP contribution is 2.44. The van der Waals surface area contributed by atoms with E-state index in [9.17, 15) is 9.59 Å². The third-order valence-corrected chi connectivity index (χ3v) is 8.19. The van der Waals surface area contributed by atoms with Crippen LogP contribution in [0.4, 0.5) is 22.7 Å². The van der Waals surface area contributed by atoms with Crippen LogP contribution in [0.15, 0.2) is 74.6 Å². The molecule has 0 spiro atoms. The second kappa shape index (κ2) is 13.2. The van der Waals surface area contributed by atoms with Crippen molar-refractivity contribution in [1.82, 2.24) is 4.98 Å². The molecule has 0 unspecified atom stereocenters. The lowest BCUT2D eigenvalue weighted by atomic mass is 10.2. The van der Waals surface area contributed by atoms with E-state index < -0.39 is 11.9 Å². The number of benzene rings is 2. The number of ether oxygens (including phenoxy) is 2. The first-order valence-corrected chi connectivity index (χ1v) is 14.8. The summed E-state index contributed by atoms with van der Waals surface area (Å²) in [6, 6.07) is 20.7. The molecule has 0 N–H and O–H groups in total. The van der Waals surface area contributed by atoms with E-state index in [2.05, 4.69) is 32.0 Å². The standard InChI is InChI=1S/C29H19Cl2N5O4S2/c1-3-39-28(37)24-22(34-14-32-18-9-5-16(30)6-10-18)20-13-21-23(35-15-33-19-11-7-17(31)8-12-19)25(29(38)40-4-2)42-27(21)36-26(20)41-24/h5-13H,3-4H2,1-2H3. The number of rotatable bonds is 8. The highest BCUT2D eigenvalue weighted by molar-refractivity contribution is 7.23. The van der Waals surface area contributed by atoms with Crippen LogP contribution >= 0.6 is 45.9 Å². The predicted molar refractivity (Wildman–Crippen MR) is 168 cm³/mol. The number of carbonyl (C=O) groups excluding carboxylic acids is 2. The minimum absolute atomic E-state index is 0.187. The number of halogens is 2. The average molecular weight is 637 g/mol. The molecule has 0 amide bonds. The van der Waals surface area contributed by atoms with Gasteiger partial charge in [-0.2, -0.15) is 20.0 Å². The molecule has 0 atom stereocenters. The molecular weight excluding hydrogens is 617 g/mol. The number of hydrogen-bond acceptors (Lipinski definition) is 11. The molecule has 2 aromatic carbocycles. The summed E-state index contributed by atoms with van der Waals surface area (Å²) in [6.07, 6.45) is 0. The zero-order valence-electron chi connectivity index (χ0n) is 22.1. The molecule has 13 heteroatoms. The normalized spacial score (nSPS) is 10.6. The maximum atomic E-state index is 12.8. The van der Waals surface area contributed by atoms with Gasteiger partial charge in [0, 0.05) is 20.8 Å². The third kappa shape index (κ3) is 6.48. The Kier molecular flexibility index (Phi) is 9.19. The molecule has 0 fully saturated rings. The Balaban J connectivity index is 1.68. The second-order valence-corrected chi connectivity index (χ2v) is 11.2. The zero-order chi connectivity index (χ0) is 29.6. The third-order valence-electron chi connectivity index (χ3n) is 5.55. The largest absolute Gasteiger partial charge is 0.462 e. The summed E-state index contributed by atoms with van der Waals surface area (Å²) in [5.41, 5.74) is 1.73. The van der Waals surface area contributed by atoms with Gasteiger partial charge >= 0.3 is 11.9 Å². The first-order valence-electron chi connectivity index (χ1n) is 12.5. The van der Waals surface area contributed by atoms with Crippen molar-refractivity contribution in [3.05, 3.63) is 74.4 Å². The van der Waals surface area contributed by atoms with Gasteiger partial charge in [-0.15, -0.1) is 22.7 Å². The molecule has 5 aromatic rings. The number of fused-ring (bicyclic) bond motifs is 2. The van der Waals surface area contributed by atoms with Crippen LogP contribution in [-0.2, 0) is 9.47 Å². The van der Waals surface area contributed by atoms with Crippen molar-refractivity contribution >= 4 is 113 Å². The summed E-state index contributed by atoms with van der Waals surface area (Å²) in [4.78, 5) is 49.2. The van der Waals surface area contributed by atoms with Crippen molar-refractivity contribution in [2.24, 2.45) is 20.0 Å². The van der Waals surface area contributed by atoms with Gasteiger partial charge in [0.15, 0.2) is 0 Å². The molecule has 42 heavy (non-hydrogen) atoms. The monoisotopic (exact) mass is 635 g/mol. The summed E-state index contributed by atoms with van der Waals surface area (Å²) in [6.45, 7) is 3.81. The van der Waals surface area contributed by atoms with Crippen LogP contribution in [-0.4, -0.2) is 42.2 Å². The van der Waals surface area contributed by atoms with E-state index in [1.54, 1.807) is 68.4 Å². The van der Waals surface area contributed by atoms with Crippen LogP contribution in [0.3, 0.4) is 0 Å². The van der Waals surface area contributed by atoms with Gasteiger partial charge in [-0.3, -0.25) is 0 Å². The number of thiophene rings is 2. The van der Waals surface area contributed by atoms with Crippen LogP contribution in [0.25, 0.3) is 20.4 Å². The van der Waals surface area contributed by atoms with Crippen molar-refractivity contribution in [3.63, 3.8) is 0 Å². The summed E-state index contributed by atoms with van der Waals surface area (Å²) in [5, 5.41) is 2.22. The minimum Gasteiger partial charge on any atom is -0.462 e. The highest BCUT2D eigenvalue weighted by Gasteiger charge is 2.25. The molecule has 0 aliphatic heterocycles. The molecule has 3 aromatic heterocycles. The van der Waals surface area contributed by atoms with Crippen LogP contribution < -0.4 is 0 Å². The number of pyridine rings is 1. The smallest absolute Gasteiger partial charge is 0.350 e. The second-order valence-electron chi connectivity index (χ2n) is 8.29. The molecule has 210 valence electrons. The van der Waals surface area contributed by atoms with E-state index in [-0.39, 0.29) is 34.3 Å². The summed E-state index contributed by atoms with van der Waals surface area (Å²) < 4.78 is 10.5. The maximum absolute atomic E-state index is 12.8. The van der Waals surface area contributed by atoms with Gasteiger partial charge in [0.2, 0.25) is 0 Å². The molecule has 3 heterocycles. The average Bonchev–Trinajstić information content (AvgIpc) is 3.52. The molecule has 5 rings (SSSR count). The van der Waals surface area contributed by atoms with E-state index in [0.717, 1.165) is 22.7 Å². The molecule has 0 aliphatic rings. The van der Waals surface area contributed by atoms with Gasteiger partial charge in [-0.05, 0) is 68.4 Å². The Morgan fingerprint density at radius 1 is 0.714 bits per heavy atom. The fourth-order valence-corrected chi connectivity index (χ4v) is 5.99. The lowest BCUT2D eigenvalue weighted by molar-refractivity contribution is 0.0523. The molecule has 0 saturated heterocycles. The van der Waals surface area contributed by atoms with Gasteiger partial charge in [0.1, 0.15) is 42.8 Å². The molecule has 0 aliphatic carbocycles. The van der Waals surface area contributed by atoms with Gasteiger partial charge in [-0.25, -0.2) is 14.6 Å². The SMILES string of the molecule is CCOC(=O)c1sc2nc3sc(C(=O)OCC)c(N=C=Nc4ccc(Cl)cc4)c3cc2c1N=C=Nc1ccc(Cl)cc1. The number of hydrogen-bond donors (Lipinski definition) is 0. The van der Waals surface area contributed by atoms with Crippen LogP contribution in [0.5, 0.6) is 0 Å².